The lowest BCUT2D eigenvalue weighted by Crippen LogP contribution is -2.13. The Bertz CT molecular complexity index is 1280. The third-order valence-electron chi connectivity index (χ3n) is 4.42. The van der Waals surface area contributed by atoms with Gasteiger partial charge in [-0.25, -0.2) is 4.79 Å². The molecule has 0 saturated heterocycles. The summed E-state index contributed by atoms with van der Waals surface area (Å²) in [5.41, 5.74) is 3.65. The van der Waals surface area contributed by atoms with Gasteiger partial charge in [-0.3, -0.25) is 8.80 Å². The summed E-state index contributed by atoms with van der Waals surface area (Å²) in [6.07, 6.45) is 0. The zero-order chi connectivity index (χ0) is 15.7. The van der Waals surface area contributed by atoms with Crippen LogP contribution in [0.2, 0.25) is 0 Å². The van der Waals surface area contributed by atoms with E-state index in [1.54, 1.807) is 15.9 Å². The quantitative estimate of drug-likeness (QED) is 0.448. The molecule has 0 aliphatic rings. The Labute approximate surface area is 139 Å². The summed E-state index contributed by atoms with van der Waals surface area (Å²) in [5.74, 6) is 0.790. The van der Waals surface area contributed by atoms with Gasteiger partial charge in [0.05, 0.1) is 29.2 Å². The van der Waals surface area contributed by atoms with E-state index in [0.717, 1.165) is 43.1 Å². The van der Waals surface area contributed by atoms with Crippen molar-refractivity contribution >= 4 is 48.8 Å². The highest BCUT2D eigenvalue weighted by atomic mass is 79.9. The smallest absolute Gasteiger partial charge is 0.338 e. The summed E-state index contributed by atoms with van der Waals surface area (Å²) < 4.78 is 9.83. The van der Waals surface area contributed by atoms with E-state index >= 15 is 0 Å². The predicted octanol–water partition coefficient (Wildman–Crippen LogP) is 4.07. The number of aromatic nitrogens is 2. The van der Waals surface area contributed by atoms with Crippen LogP contribution >= 0.6 is 15.9 Å². The SMILES string of the molecule is COc1ccc2c(c1)cc1c3cc4cc(Br)ccc4n3c(=O)n21. The minimum Gasteiger partial charge on any atom is -0.497 e. The van der Waals surface area contributed by atoms with Gasteiger partial charge in [0.2, 0.25) is 0 Å². The van der Waals surface area contributed by atoms with Gasteiger partial charge in [-0.05, 0) is 48.5 Å². The van der Waals surface area contributed by atoms with Gasteiger partial charge in [-0.2, -0.15) is 0 Å². The summed E-state index contributed by atoms with van der Waals surface area (Å²) in [6, 6.07) is 15.8. The highest BCUT2D eigenvalue weighted by Crippen LogP contribution is 2.30. The van der Waals surface area contributed by atoms with Crippen molar-refractivity contribution in [1.82, 2.24) is 8.80 Å². The van der Waals surface area contributed by atoms with Gasteiger partial charge in [0.25, 0.3) is 0 Å². The molecule has 3 aromatic heterocycles. The second-order valence-corrected chi connectivity index (χ2v) is 6.56. The summed E-state index contributed by atoms with van der Waals surface area (Å²) in [7, 11) is 1.64. The van der Waals surface area contributed by atoms with E-state index < -0.39 is 0 Å². The molecule has 0 amide bonds. The van der Waals surface area contributed by atoms with Crippen molar-refractivity contribution in [3.63, 3.8) is 0 Å². The Hall–Kier alpha value is -2.53. The van der Waals surface area contributed by atoms with Crippen LogP contribution in [0.25, 0.3) is 32.8 Å². The number of ether oxygens (including phenoxy) is 1. The molecule has 0 spiro atoms. The number of rotatable bonds is 1. The van der Waals surface area contributed by atoms with Crippen molar-refractivity contribution in [3.8, 4) is 5.75 Å². The summed E-state index contributed by atoms with van der Waals surface area (Å²) in [5, 5.41) is 2.06. The van der Waals surface area contributed by atoms with Gasteiger partial charge in [-0.1, -0.05) is 15.9 Å². The third kappa shape index (κ3) is 1.57. The van der Waals surface area contributed by atoms with E-state index in [1.165, 1.54) is 0 Å². The summed E-state index contributed by atoms with van der Waals surface area (Å²) in [6.45, 7) is 0. The monoisotopic (exact) mass is 366 g/mol. The molecular formula is C18H11BrN2O2. The molecule has 5 aromatic rings. The van der Waals surface area contributed by atoms with Crippen LogP contribution in [0.15, 0.2) is 57.8 Å². The second-order valence-electron chi connectivity index (χ2n) is 5.64. The van der Waals surface area contributed by atoms with E-state index in [-0.39, 0.29) is 5.69 Å². The van der Waals surface area contributed by atoms with Crippen molar-refractivity contribution in [2.24, 2.45) is 0 Å². The average molecular weight is 367 g/mol. The average Bonchev–Trinajstić information content (AvgIpc) is 3.17. The molecule has 5 rings (SSSR count). The molecule has 0 unspecified atom stereocenters. The number of imidazole rings is 1. The standard InChI is InChI=1S/C18H11BrN2O2/c1-23-13-3-5-15-11(7-13)9-17-16-8-10-6-12(19)2-4-14(10)20(16)18(22)21(15)17/h2-9H,1H3. The second kappa shape index (κ2) is 4.26. The molecule has 3 heterocycles. The molecule has 2 aromatic carbocycles. The van der Waals surface area contributed by atoms with Gasteiger partial charge < -0.3 is 4.74 Å². The molecule has 0 radical (unpaired) electrons. The van der Waals surface area contributed by atoms with E-state index in [2.05, 4.69) is 22.0 Å². The first kappa shape index (κ1) is 13.0. The number of hydrogen-bond acceptors (Lipinski definition) is 2. The van der Waals surface area contributed by atoms with Crippen LogP contribution < -0.4 is 10.4 Å². The van der Waals surface area contributed by atoms with E-state index in [0.29, 0.717) is 0 Å². The van der Waals surface area contributed by atoms with E-state index in [1.807, 2.05) is 42.5 Å². The van der Waals surface area contributed by atoms with Gasteiger partial charge in [0.15, 0.2) is 0 Å². The lowest BCUT2D eigenvalue weighted by atomic mass is 10.2. The first-order valence-electron chi connectivity index (χ1n) is 7.23. The molecule has 0 atom stereocenters. The minimum absolute atomic E-state index is 0.0347. The van der Waals surface area contributed by atoms with Crippen LogP contribution in [0.5, 0.6) is 5.75 Å². The number of methoxy groups -OCH3 is 1. The molecule has 5 heteroatoms. The Kier molecular flexibility index (Phi) is 2.40. The normalized spacial score (nSPS) is 12.1. The Morgan fingerprint density at radius 2 is 1.43 bits per heavy atom. The lowest BCUT2D eigenvalue weighted by Gasteiger charge is -1.98. The third-order valence-corrected chi connectivity index (χ3v) is 4.91. The van der Waals surface area contributed by atoms with Crippen molar-refractivity contribution in [1.29, 1.82) is 0 Å². The number of benzene rings is 2. The van der Waals surface area contributed by atoms with Crippen molar-refractivity contribution in [3.05, 3.63) is 63.5 Å². The van der Waals surface area contributed by atoms with Crippen LogP contribution in [-0.2, 0) is 0 Å². The van der Waals surface area contributed by atoms with Crippen molar-refractivity contribution < 1.29 is 4.74 Å². The maximum absolute atomic E-state index is 13.0. The Morgan fingerprint density at radius 3 is 2.09 bits per heavy atom. The summed E-state index contributed by atoms with van der Waals surface area (Å²) in [4.78, 5) is 13.0. The highest BCUT2D eigenvalue weighted by Gasteiger charge is 2.17. The van der Waals surface area contributed by atoms with Crippen LogP contribution in [-0.4, -0.2) is 15.9 Å². The van der Waals surface area contributed by atoms with Gasteiger partial charge in [0, 0.05) is 15.2 Å². The van der Waals surface area contributed by atoms with Gasteiger partial charge >= 0.3 is 5.69 Å². The lowest BCUT2D eigenvalue weighted by molar-refractivity contribution is 0.415. The van der Waals surface area contributed by atoms with E-state index in [4.69, 9.17) is 4.74 Å². The first-order valence-corrected chi connectivity index (χ1v) is 8.02. The molecule has 0 N–H and O–H groups in total. The number of hydrogen-bond donors (Lipinski definition) is 0. The fourth-order valence-electron chi connectivity index (χ4n) is 3.40. The Morgan fingerprint density at radius 1 is 0.826 bits per heavy atom. The van der Waals surface area contributed by atoms with Crippen LogP contribution in [0.3, 0.4) is 0 Å². The fraction of sp³-hybridized carbons (Fsp3) is 0.0556. The fourth-order valence-corrected chi connectivity index (χ4v) is 3.77. The topological polar surface area (TPSA) is 35.1 Å². The molecule has 4 nitrogen and oxygen atoms in total. The minimum atomic E-state index is -0.0347. The maximum Gasteiger partial charge on any atom is 0.338 e. The predicted molar refractivity (Wildman–Crippen MR) is 95.1 cm³/mol. The van der Waals surface area contributed by atoms with Crippen LogP contribution in [0.4, 0.5) is 0 Å². The number of halogens is 1. The Balaban J connectivity index is 2.01. The molecule has 23 heavy (non-hydrogen) atoms. The van der Waals surface area contributed by atoms with E-state index in [9.17, 15) is 4.79 Å². The molecule has 112 valence electrons. The number of fused-ring (bicyclic) bond motifs is 7. The molecular weight excluding hydrogens is 356 g/mol. The zero-order valence-electron chi connectivity index (χ0n) is 12.2. The molecule has 0 aliphatic heterocycles. The molecule has 0 saturated carbocycles. The molecule has 0 aliphatic carbocycles. The van der Waals surface area contributed by atoms with Crippen LogP contribution in [0.1, 0.15) is 0 Å². The van der Waals surface area contributed by atoms with Crippen LogP contribution in [0, 0.1) is 0 Å². The largest absolute Gasteiger partial charge is 0.497 e. The summed E-state index contributed by atoms with van der Waals surface area (Å²) >= 11 is 3.48. The number of nitrogens with zero attached hydrogens (tertiary/aromatic N) is 2. The maximum atomic E-state index is 13.0. The first-order chi connectivity index (χ1) is 11.2. The zero-order valence-corrected chi connectivity index (χ0v) is 13.8. The van der Waals surface area contributed by atoms with Crippen molar-refractivity contribution in [2.75, 3.05) is 7.11 Å². The van der Waals surface area contributed by atoms with Crippen molar-refractivity contribution in [2.45, 2.75) is 0 Å². The molecule has 0 bridgehead atoms. The molecule has 0 fully saturated rings. The highest BCUT2D eigenvalue weighted by molar-refractivity contribution is 9.10. The van der Waals surface area contributed by atoms with Gasteiger partial charge in [-0.15, -0.1) is 0 Å². The van der Waals surface area contributed by atoms with Gasteiger partial charge in [0.1, 0.15) is 5.75 Å².